The van der Waals surface area contributed by atoms with Crippen molar-refractivity contribution in [3.8, 4) is 0 Å². The molecule has 0 aliphatic heterocycles. The molecule has 3 N–H and O–H groups in total. The summed E-state index contributed by atoms with van der Waals surface area (Å²) in [6, 6.07) is 10.2. The highest BCUT2D eigenvalue weighted by Gasteiger charge is 2.11. The van der Waals surface area contributed by atoms with Crippen LogP contribution in [0.2, 0.25) is 0 Å². The van der Waals surface area contributed by atoms with E-state index in [0.29, 0.717) is 12.1 Å². The van der Waals surface area contributed by atoms with Crippen molar-refractivity contribution in [1.29, 1.82) is 0 Å². The van der Waals surface area contributed by atoms with Crippen LogP contribution >= 0.6 is 0 Å². The molecule has 0 fully saturated rings. The first kappa shape index (κ1) is 13.2. The number of anilines is 1. The number of benzene rings is 2. The Bertz CT molecular complexity index is 597. The van der Waals surface area contributed by atoms with Gasteiger partial charge in [0, 0.05) is 12.1 Å². The average Bonchev–Trinajstić information content (AvgIpc) is 2.44. The summed E-state index contributed by atoms with van der Waals surface area (Å²) in [7, 11) is 0. The summed E-state index contributed by atoms with van der Waals surface area (Å²) >= 11 is 0. The van der Waals surface area contributed by atoms with Gasteiger partial charge in [-0.05, 0) is 29.8 Å². The molecule has 0 aromatic heterocycles. The highest BCUT2D eigenvalue weighted by Crippen LogP contribution is 2.17. The highest BCUT2D eigenvalue weighted by molar-refractivity contribution is 6.04. The van der Waals surface area contributed by atoms with Gasteiger partial charge in [-0.1, -0.05) is 18.2 Å². The molecular formula is C14H12F2N2O. The van der Waals surface area contributed by atoms with Gasteiger partial charge in [-0.3, -0.25) is 4.79 Å². The Hall–Kier alpha value is -2.27. The van der Waals surface area contributed by atoms with Crippen molar-refractivity contribution in [2.24, 2.45) is 5.73 Å². The number of nitrogens with one attached hydrogen (secondary N) is 1. The second-order valence-electron chi connectivity index (χ2n) is 3.96. The summed E-state index contributed by atoms with van der Waals surface area (Å²) in [5, 5.41) is 2.32. The lowest BCUT2D eigenvalue weighted by molar-refractivity contribution is 0.102. The van der Waals surface area contributed by atoms with Gasteiger partial charge in [0.25, 0.3) is 5.91 Å². The Kier molecular flexibility index (Phi) is 3.87. The van der Waals surface area contributed by atoms with Gasteiger partial charge in [0.15, 0.2) is 11.6 Å². The van der Waals surface area contributed by atoms with Gasteiger partial charge in [0.05, 0.1) is 5.69 Å². The van der Waals surface area contributed by atoms with Crippen LogP contribution in [0.5, 0.6) is 0 Å². The van der Waals surface area contributed by atoms with Crippen LogP contribution < -0.4 is 11.1 Å². The molecule has 0 unspecified atom stereocenters. The average molecular weight is 262 g/mol. The third-order valence-corrected chi connectivity index (χ3v) is 2.65. The zero-order valence-electron chi connectivity index (χ0n) is 9.99. The van der Waals surface area contributed by atoms with Gasteiger partial charge in [-0.2, -0.15) is 0 Å². The van der Waals surface area contributed by atoms with Crippen LogP contribution in [0.25, 0.3) is 0 Å². The van der Waals surface area contributed by atoms with Crippen molar-refractivity contribution < 1.29 is 13.6 Å². The SMILES string of the molecule is NCc1ccc(C(=O)Nc2cccc(F)c2F)cc1. The largest absolute Gasteiger partial charge is 0.326 e. The third-order valence-electron chi connectivity index (χ3n) is 2.65. The van der Waals surface area contributed by atoms with Crippen molar-refractivity contribution >= 4 is 11.6 Å². The first-order chi connectivity index (χ1) is 9.11. The van der Waals surface area contributed by atoms with Crippen molar-refractivity contribution in [2.75, 3.05) is 5.32 Å². The van der Waals surface area contributed by atoms with Gasteiger partial charge in [0.1, 0.15) is 0 Å². The van der Waals surface area contributed by atoms with Gasteiger partial charge >= 0.3 is 0 Å². The first-order valence-corrected chi connectivity index (χ1v) is 5.66. The lowest BCUT2D eigenvalue weighted by atomic mass is 10.1. The number of rotatable bonds is 3. The van der Waals surface area contributed by atoms with Crippen LogP contribution in [0, 0.1) is 11.6 Å². The van der Waals surface area contributed by atoms with Gasteiger partial charge in [-0.15, -0.1) is 0 Å². The maximum absolute atomic E-state index is 13.4. The zero-order chi connectivity index (χ0) is 13.8. The number of hydrogen-bond acceptors (Lipinski definition) is 2. The summed E-state index contributed by atoms with van der Waals surface area (Å²) in [6.07, 6.45) is 0. The lowest BCUT2D eigenvalue weighted by Gasteiger charge is -2.07. The molecule has 2 aromatic carbocycles. The molecule has 0 bridgehead atoms. The van der Waals surface area contributed by atoms with Gasteiger partial charge in [0.2, 0.25) is 0 Å². The van der Waals surface area contributed by atoms with E-state index in [-0.39, 0.29) is 5.69 Å². The molecule has 0 aliphatic rings. The van der Waals surface area contributed by atoms with E-state index in [1.165, 1.54) is 12.1 Å². The Morgan fingerprint density at radius 2 is 1.79 bits per heavy atom. The molecule has 3 nitrogen and oxygen atoms in total. The van der Waals surface area contributed by atoms with Crippen LogP contribution in [0.4, 0.5) is 14.5 Å². The summed E-state index contributed by atoms with van der Waals surface area (Å²) < 4.78 is 26.4. The molecule has 0 aliphatic carbocycles. The highest BCUT2D eigenvalue weighted by atomic mass is 19.2. The second kappa shape index (κ2) is 5.58. The summed E-state index contributed by atoms with van der Waals surface area (Å²) in [5.41, 5.74) is 6.49. The molecule has 2 aromatic rings. The minimum absolute atomic E-state index is 0.187. The van der Waals surface area contributed by atoms with Gasteiger partial charge < -0.3 is 11.1 Å². The molecule has 19 heavy (non-hydrogen) atoms. The predicted octanol–water partition coefficient (Wildman–Crippen LogP) is 2.68. The standard InChI is InChI=1S/C14H12F2N2O/c15-11-2-1-3-12(13(11)16)18-14(19)10-6-4-9(8-17)5-7-10/h1-7H,8,17H2,(H,18,19). The normalized spacial score (nSPS) is 10.3. The van der Waals surface area contributed by atoms with Crippen LogP contribution in [0.1, 0.15) is 15.9 Å². The van der Waals surface area contributed by atoms with Crippen LogP contribution in [0.3, 0.4) is 0 Å². The predicted molar refractivity (Wildman–Crippen MR) is 68.6 cm³/mol. The second-order valence-corrected chi connectivity index (χ2v) is 3.96. The maximum Gasteiger partial charge on any atom is 0.255 e. The summed E-state index contributed by atoms with van der Waals surface area (Å²) in [6.45, 7) is 0.375. The molecule has 0 saturated heterocycles. The first-order valence-electron chi connectivity index (χ1n) is 5.66. The molecular weight excluding hydrogens is 250 g/mol. The van der Waals surface area contributed by atoms with E-state index in [9.17, 15) is 13.6 Å². The van der Waals surface area contributed by atoms with Crippen molar-refractivity contribution in [1.82, 2.24) is 0 Å². The monoisotopic (exact) mass is 262 g/mol. The number of hydrogen-bond donors (Lipinski definition) is 2. The van der Waals surface area contributed by atoms with Crippen molar-refractivity contribution in [2.45, 2.75) is 6.54 Å². The van der Waals surface area contributed by atoms with Crippen LogP contribution in [-0.4, -0.2) is 5.91 Å². The zero-order valence-corrected chi connectivity index (χ0v) is 9.99. The molecule has 0 saturated carbocycles. The molecule has 0 heterocycles. The fraction of sp³-hybridized carbons (Fsp3) is 0.0714. The van der Waals surface area contributed by atoms with Crippen LogP contribution in [0.15, 0.2) is 42.5 Å². The van der Waals surface area contributed by atoms with E-state index in [4.69, 9.17) is 5.73 Å². The number of nitrogens with two attached hydrogens (primary N) is 1. The topological polar surface area (TPSA) is 55.1 Å². The van der Waals surface area contributed by atoms with Crippen molar-refractivity contribution in [3.63, 3.8) is 0 Å². The number of halogens is 2. The van der Waals surface area contributed by atoms with E-state index in [2.05, 4.69) is 5.32 Å². The number of amides is 1. The lowest BCUT2D eigenvalue weighted by Crippen LogP contribution is -2.13. The minimum atomic E-state index is -1.07. The molecule has 98 valence electrons. The Labute approximate surface area is 109 Å². The molecule has 0 atom stereocenters. The van der Waals surface area contributed by atoms with Crippen molar-refractivity contribution in [3.05, 3.63) is 65.2 Å². The Morgan fingerprint density at radius 1 is 1.11 bits per heavy atom. The van der Waals surface area contributed by atoms with E-state index in [0.717, 1.165) is 11.6 Å². The Morgan fingerprint density at radius 3 is 2.42 bits per heavy atom. The van der Waals surface area contributed by atoms with E-state index >= 15 is 0 Å². The number of carbonyl (C=O) groups is 1. The fourth-order valence-corrected chi connectivity index (χ4v) is 1.59. The van der Waals surface area contributed by atoms with E-state index in [1.54, 1.807) is 24.3 Å². The molecule has 0 spiro atoms. The number of carbonyl (C=O) groups excluding carboxylic acids is 1. The fourth-order valence-electron chi connectivity index (χ4n) is 1.59. The molecule has 1 amide bonds. The minimum Gasteiger partial charge on any atom is -0.326 e. The molecule has 2 rings (SSSR count). The third kappa shape index (κ3) is 2.95. The summed E-state index contributed by atoms with van der Waals surface area (Å²) in [5.74, 6) is -2.58. The van der Waals surface area contributed by atoms with E-state index in [1.807, 2.05) is 0 Å². The quantitative estimate of drug-likeness (QED) is 0.893. The molecule has 0 radical (unpaired) electrons. The summed E-state index contributed by atoms with van der Waals surface area (Å²) in [4.78, 5) is 11.8. The van der Waals surface area contributed by atoms with Crippen LogP contribution in [-0.2, 0) is 6.54 Å². The van der Waals surface area contributed by atoms with Gasteiger partial charge in [-0.25, -0.2) is 8.78 Å². The smallest absolute Gasteiger partial charge is 0.255 e. The molecule has 5 heteroatoms. The van der Waals surface area contributed by atoms with E-state index < -0.39 is 17.5 Å². The maximum atomic E-state index is 13.4. The Balaban J connectivity index is 2.18.